The number of nitrogens with two attached hydrogens (primary N) is 1. The molecule has 0 radical (unpaired) electrons. The Morgan fingerprint density at radius 1 is 1.31 bits per heavy atom. The number of fused-ring (bicyclic) bond motifs is 1. The Labute approximate surface area is 95.3 Å². The van der Waals surface area contributed by atoms with Crippen LogP contribution >= 0.6 is 0 Å². The summed E-state index contributed by atoms with van der Waals surface area (Å²) in [6, 6.07) is 6.04. The summed E-state index contributed by atoms with van der Waals surface area (Å²) in [6.45, 7) is 2.06. The van der Waals surface area contributed by atoms with Crippen molar-refractivity contribution in [1.29, 1.82) is 0 Å². The molecule has 0 amide bonds. The van der Waals surface area contributed by atoms with Crippen LogP contribution in [0.15, 0.2) is 18.2 Å². The molecule has 16 heavy (non-hydrogen) atoms. The highest BCUT2D eigenvalue weighted by molar-refractivity contribution is 5.58. The Morgan fingerprint density at radius 3 is 2.81 bits per heavy atom. The molecule has 3 heteroatoms. The van der Waals surface area contributed by atoms with E-state index in [1.165, 1.54) is 31.5 Å². The zero-order valence-electron chi connectivity index (χ0n) is 9.61. The maximum Gasteiger partial charge on any atom is 0.118 e. The van der Waals surface area contributed by atoms with Gasteiger partial charge in [-0.15, -0.1) is 0 Å². The summed E-state index contributed by atoms with van der Waals surface area (Å²) in [5.74, 6) is 2.58. The lowest BCUT2D eigenvalue weighted by Crippen LogP contribution is -2.04. The van der Waals surface area contributed by atoms with Gasteiger partial charge in [0.05, 0.1) is 11.2 Å². The van der Waals surface area contributed by atoms with Gasteiger partial charge in [0.25, 0.3) is 0 Å². The smallest absolute Gasteiger partial charge is 0.118 e. The highest BCUT2D eigenvalue weighted by Gasteiger charge is 2.23. The average molecular weight is 215 g/mol. The van der Waals surface area contributed by atoms with E-state index in [-0.39, 0.29) is 0 Å². The molecular formula is C13H17N3. The SMILES string of the molecule is Cc1nc(C2CCCC2)n2c(N)cccc12. The average Bonchev–Trinajstić information content (AvgIpc) is 2.87. The predicted octanol–water partition coefficient (Wildman–Crippen LogP) is 2.88. The molecule has 2 aromatic rings. The number of nitrogen functional groups attached to an aromatic ring is 1. The molecule has 2 N–H and O–H groups in total. The first-order valence-corrected chi connectivity index (χ1v) is 6.01. The Hall–Kier alpha value is -1.51. The molecule has 84 valence electrons. The van der Waals surface area contributed by atoms with E-state index >= 15 is 0 Å². The second kappa shape index (κ2) is 3.51. The molecule has 0 spiro atoms. The highest BCUT2D eigenvalue weighted by atomic mass is 15.1. The standard InChI is InChI=1S/C13H17N3/c1-9-11-7-4-8-12(14)16(11)13(15-9)10-5-2-3-6-10/h4,7-8,10H,2-3,5-6,14H2,1H3. The molecule has 1 aliphatic carbocycles. The quantitative estimate of drug-likeness (QED) is 0.794. The fourth-order valence-corrected chi connectivity index (χ4v) is 2.80. The molecule has 0 saturated heterocycles. The summed E-state index contributed by atoms with van der Waals surface area (Å²) in [6.07, 6.45) is 5.16. The summed E-state index contributed by atoms with van der Waals surface area (Å²) < 4.78 is 2.13. The maximum atomic E-state index is 6.06. The van der Waals surface area contributed by atoms with E-state index in [0.29, 0.717) is 5.92 Å². The third-order valence-corrected chi connectivity index (χ3v) is 3.62. The molecule has 0 aliphatic heterocycles. The molecule has 2 heterocycles. The maximum absolute atomic E-state index is 6.06. The van der Waals surface area contributed by atoms with Crippen LogP contribution in [0.3, 0.4) is 0 Å². The number of hydrogen-bond acceptors (Lipinski definition) is 2. The normalized spacial score (nSPS) is 17.3. The van der Waals surface area contributed by atoms with Gasteiger partial charge in [-0.25, -0.2) is 4.98 Å². The first-order valence-electron chi connectivity index (χ1n) is 6.01. The molecule has 3 nitrogen and oxygen atoms in total. The Balaban J connectivity index is 2.24. The summed E-state index contributed by atoms with van der Waals surface area (Å²) in [7, 11) is 0. The third-order valence-electron chi connectivity index (χ3n) is 3.62. The van der Waals surface area contributed by atoms with Crippen molar-refractivity contribution in [2.45, 2.75) is 38.5 Å². The van der Waals surface area contributed by atoms with E-state index in [1.54, 1.807) is 0 Å². The van der Waals surface area contributed by atoms with E-state index in [9.17, 15) is 0 Å². The van der Waals surface area contributed by atoms with E-state index in [2.05, 4.69) is 17.4 Å². The summed E-state index contributed by atoms with van der Waals surface area (Å²) in [5, 5.41) is 0. The van der Waals surface area contributed by atoms with Crippen molar-refractivity contribution >= 4 is 11.3 Å². The van der Waals surface area contributed by atoms with Crippen molar-refractivity contribution in [3.8, 4) is 0 Å². The van der Waals surface area contributed by atoms with Crippen LogP contribution in [-0.4, -0.2) is 9.38 Å². The number of aryl methyl sites for hydroxylation is 1. The van der Waals surface area contributed by atoms with E-state index in [4.69, 9.17) is 10.7 Å². The monoisotopic (exact) mass is 215 g/mol. The van der Waals surface area contributed by atoms with Crippen molar-refractivity contribution in [3.05, 3.63) is 29.7 Å². The van der Waals surface area contributed by atoms with Gasteiger partial charge >= 0.3 is 0 Å². The zero-order chi connectivity index (χ0) is 11.1. The lowest BCUT2D eigenvalue weighted by molar-refractivity contribution is 0.665. The van der Waals surface area contributed by atoms with Crippen LogP contribution in [-0.2, 0) is 0 Å². The van der Waals surface area contributed by atoms with Crippen LogP contribution in [0.4, 0.5) is 5.82 Å². The molecule has 1 saturated carbocycles. The van der Waals surface area contributed by atoms with E-state index in [0.717, 1.165) is 17.0 Å². The second-order valence-electron chi connectivity index (χ2n) is 4.71. The predicted molar refractivity (Wildman–Crippen MR) is 65.6 cm³/mol. The van der Waals surface area contributed by atoms with Crippen LogP contribution in [0.2, 0.25) is 0 Å². The lowest BCUT2D eigenvalue weighted by atomic mass is 10.1. The molecule has 0 unspecified atom stereocenters. The minimum absolute atomic E-state index is 0.603. The number of anilines is 1. The fraction of sp³-hybridized carbons (Fsp3) is 0.462. The number of rotatable bonds is 1. The van der Waals surface area contributed by atoms with Crippen molar-refractivity contribution in [2.24, 2.45) is 0 Å². The molecule has 0 bridgehead atoms. The summed E-state index contributed by atoms with van der Waals surface area (Å²) in [4.78, 5) is 4.72. The van der Waals surface area contributed by atoms with E-state index in [1.807, 2.05) is 12.1 Å². The van der Waals surface area contributed by atoms with E-state index < -0.39 is 0 Å². The Morgan fingerprint density at radius 2 is 2.06 bits per heavy atom. The van der Waals surface area contributed by atoms with Gasteiger partial charge < -0.3 is 5.73 Å². The van der Waals surface area contributed by atoms with Crippen LogP contribution in [0.25, 0.3) is 5.52 Å². The molecule has 2 aromatic heterocycles. The summed E-state index contributed by atoms with van der Waals surface area (Å²) in [5.41, 5.74) is 8.31. The molecule has 1 fully saturated rings. The van der Waals surface area contributed by atoms with Gasteiger partial charge in [0.15, 0.2) is 0 Å². The zero-order valence-corrected chi connectivity index (χ0v) is 9.61. The van der Waals surface area contributed by atoms with Crippen molar-refractivity contribution in [3.63, 3.8) is 0 Å². The first kappa shape index (κ1) is 9.70. The summed E-state index contributed by atoms with van der Waals surface area (Å²) >= 11 is 0. The number of hydrogen-bond donors (Lipinski definition) is 1. The molecule has 1 aliphatic rings. The van der Waals surface area contributed by atoms with Crippen LogP contribution < -0.4 is 5.73 Å². The van der Waals surface area contributed by atoms with Crippen LogP contribution in [0.5, 0.6) is 0 Å². The van der Waals surface area contributed by atoms with Crippen LogP contribution in [0.1, 0.15) is 43.1 Å². The second-order valence-corrected chi connectivity index (χ2v) is 4.71. The largest absolute Gasteiger partial charge is 0.385 e. The van der Waals surface area contributed by atoms with Gasteiger partial charge in [0.2, 0.25) is 0 Å². The Bertz CT molecular complexity index is 521. The van der Waals surface area contributed by atoms with Crippen molar-refractivity contribution in [2.75, 3.05) is 5.73 Å². The van der Waals surface area contributed by atoms with Gasteiger partial charge in [-0.3, -0.25) is 4.40 Å². The topological polar surface area (TPSA) is 43.3 Å². The van der Waals surface area contributed by atoms with Gasteiger partial charge in [0.1, 0.15) is 11.6 Å². The molecular weight excluding hydrogens is 198 g/mol. The number of imidazole rings is 1. The minimum atomic E-state index is 0.603. The van der Waals surface area contributed by atoms with Crippen molar-refractivity contribution < 1.29 is 0 Å². The fourth-order valence-electron chi connectivity index (χ4n) is 2.80. The minimum Gasteiger partial charge on any atom is -0.385 e. The number of aromatic nitrogens is 2. The first-order chi connectivity index (χ1) is 7.77. The number of nitrogens with zero attached hydrogens (tertiary/aromatic N) is 2. The number of pyridine rings is 1. The molecule has 0 atom stereocenters. The third kappa shape index (κ3) is 1.31. The van der Waals surface area contributed by atoms with Crippen LogP contribution in [0, 0.1) is 6.92 Å². The Kier molecular flexibility index (Phi) is 2.13. The molecule has 3 rings (SSSR count). The highest BCUT2D eigenvalue weighted by Crippen LogP contribution is 2.35. The van der Waals surface area contributed by atoms with Gasteiger partial charge in [-0.1, -0.05) is 18.9 Å². The molecule has 0 aromatic carbocycles. The van der Waals surface area contributed by atoms with Gasteiger partial charge in [-0.2, -0.15) is 0 Å². The van der Waals surface area contributed by atoms with Gasteiger partial charge in [0, 0.05) is 5.92 Å². The van der Waals surface area contributed by atoms with Gasteiger partial charge in [-0.05, 0) is 31.9 Å². The van der Waals surface area contributed by atoms with Crippen molar-refractivity contribution in [1.82, 2.24) is 9.38 Å². The lowest BCUT2D eigenvalue weighted by Gasteiger charge is -2.09.